The van der Waals surface area contributed by atoms with Crippen LogP contribution in [-0.2, 0) is 9.53 Å². The highest BCUT2D eigenvalue weighted by atomic mass is 79.9. The Hall–Kier alpha value is -1.30. The first kappa shape index (κ1) is 16.8. The predicted molar refractivity (Wildman–Crippen MR) is 78.5 cm³/mol. The van der Waals surface area contributed by atoms with Crippen LogP contribution >= 0.6 is 15.9 Å². The molecule has 20 heavy (non-hydrogen) atoms. The molecule has 1 rings (SSSR count). The van der Waals surface area contributed by atoms with Crippen molar-refractivity contribution in [2.75, 3.05) is 19.7 Å². The summed E-state index contributed by atoms with van der Waals surface area (Å²) in [5.74, 6) is -0.215. The Kier molecular flexibility index (Phi) is 7.36. The van der Waals surface area contributed by atoms with E-state index in [1.807, 2.05) is 0 Å². The third kappa shape index (κ3) is 5.36. The van der Waals surface area contributed by atoms with Gasteiger partial charge in [-0.05, 0) is 41.4 Å². The van der Waals surface area contributed by atoms with Gasteiger partial charge in [-0.3, -0.25) is 9.59 Å². The number of hydrogen-bond acceptors (Lipinski definition) is 4. The minimum absolute atomic E-state index is 0.200. The molecule has 0 atom stereocenters. The molecule has 0 fully saturated rings. The molecule has 0 radical (unpaired) electrons. The van der Waals surface area contributed by atoms with Crippen molar-refractivity contribution >= 4 is 27.8 Å². The largest absolute Gasteiger partial charge is 0.466 e. The van der Waals surface area contributed by atoms with Gasteiger partial charge in [0.15, 0.2) is 10.4 Å². The zero-order chi connectivity index (χ0) is 15.0. The van der Waals surface area contributed by atoms with Crippen LogP contribution < -0.4 is 0 Å². The lowest BCUT2D eigenvalue weighted by Crippen LogP contribution is -2.34. The van der Waals surface area contributed by atoms with Crippen LogP contribution in [0.3, 0.4) is 0 Å². The van der Waals surface area contributed by atoms with Gasteiger partial charge in [0.2, 0.25) is 0 Å². The molecule has 1 aromatic heterocycles. The topological polar surface area (TPSA) is 59.8 Å². The van der Waals surface area contributed by atoms with E-state index in [1.165, 1.54) is 0 Å². The van der Waals surface area contributed by atoms with Crippen molar-refractivity contribution < 1.29 is 18.7 Å². The molecular weight excluding hydrogens is 326 g/mol. The highest BCUT2D eigenvalue weighted by Gasteiger charge is 2.19. The van der Waals surface area contributed by atoms with Gasteiger partial charge in [-0.25, -0.2) is 0 Å². The highest BCUT2D eigenvalue weighted by molar-refractivity contribution is 9.10. The summed E-state index contributed by atoms with van der Waals surface area (Å²) < 4.78 is 10.7. The van der Waals surface area contributed by atoms with Gasteiger partial charge in [0.1, 0.15) is 0 Å². The number of carbonyl (C=O) groups is 2. The molecule has 0 aromatic carbocycles. The first-order valence-electron chi connectivity index (χ1n) is 6.78. The molecule has 0 spiro atoms. The second-order valence-electron chi connectivity index (χ2n) is 4.30. The maximum Gasteiger partial charge on any atom is 0.307 e. The summed E-state index contributed by atoms with van der Waals surface area (Å²) in [4.78, 5) is 25.3. The van der Waals surface area contributed by atoms with E-state index in [0.717, 1.165) is 12.8 Å². The molecule has 0 unspecified atom stereocenters. The van der Waals surface area contributed by atoms with Crippen LogP contribution in [0.25, 0.3) is 0 Å². The van der Waals surface area contributed by atoms with Crippen molar-refractivity contribution in [3.05, 3.63) is 22.6 Å². The first-order valence-corrected chi connectivity index (χ1v) is 7.58. The molecule has 1 heterocycles. The lowest BCUT2D eigenvalue weighted by atomic mass is 10.2. The van der Waals surface area contributed by atoms with Crippen LogP contribution in [0.4, 0.5) is 0 Å². The Labute approximate surface area is 127 Å². The second-order valence-corrected chi connectivity index (χ2v) is 5.09. The van der Waals surface area contributed by atoms with Gasteiger partial charge < -0.3 is 14.1 Å². The Bertz CT molecular complexity index is 444. The number of rotatable bonds is 8. The van der Waals surface area contributed by atoms with E-state index in [9.17, 15) is 9.59 Å². The van der Waals surface area contributed by atoms with Gasteiger partial charge in [-0.15, -0.1) is 0 Å². The predicted octanol–water partition coefficient (Wildman–Crippen LogP) is 3.24. The molecular formula is C14H20BrNO4. The van der Waals surface area contributed by atoms with E-state index >= 15 is 0 Å². The minimum Gasteiger partial charge on any atom is -0.466 e. The summed E-state index contributed by atoms with van der Waals surface area (Å²) in [5, 5.41) is 0. The quantitative estimate of drug-likeness (QED) is 0.678. The molecule has 1 aromatic rings. The molecule has 0 bridgehead atoms. The van der Waals surface area contributed by atoms with E-state index < -0.39 is 0 Å². The van der Waals surface area contributed by atoms with Crippen molar-refractivity contribution in [3.8, 4) is 0 Å². The van der Waals surface area contributed by atoms with Gasteiger partial charge >= 0.3 is 5.97 Å². The zero-order valence-corrected chi connectivity index (χ0v) is 13.4. The summed E-state index contributed by atoms with van der Waals surface area (Å²) in [5.41, 5.74) is 0. The van der Waals surface area contributed by atoms with Crippen LogP contribution in [0, 0.1) is 0 Å². The van der Waals surface area contributed by atoms with Crippen LogP contribution in [0.1, 0.15) is 43.7 Å². The lowest BCUT2D eigenvalue weighted by molar-refractivity contribution is -0.143. The number of nitrogens with zero attached hydrogens (tertiary/aromatic N) is 1. The Morgan fingerprint density at radius 1 is 1.30 bits per heavy atom. The number of carbonyl (C=O) groups excluding carboxylic acids is 2. The summed E-state index contributed by atoms with van der Waals surface area (Å²) in [6, 6.07) is 3.30. The van der Waals surface area contributed by atoms with Crippen molar-refractivity contribution in [3.63, 3.8) is 0 Å². The molecule has 5 nitrogen and oxygen atoms in total. The normalized spacial score (nSPS) is 10.3. The number of furan rings is 1. The van der Waals surface area contributed by atoms with E-state index in [0.29, 0.717) is 24.4 Å². The SMILES string of the molecule is CCCCN(CCC(=O)OCC)C(=O)c1ccc(Br)o1. The van der Waals surface area contributed by atoms with Crippen LogP contribution in [0.5, 0.6) is 0 Å². The molecule has 0 aliphatic carbocycles. The van der Waals surface area contributed by atoms with E-state index in [2.05, 4.69) is 22.9 Å². The fourth-order valence-corrected chi connectivity index (χ4v) is 2.01. The van der Waals surface area contributed by atoms with Crippen LogP contribution in [0.2, 0.25) is 0 Å². The van der Waals surface area contributed by atoms with E-state index in [-0.39, 0.29) is 24.1 Å². The second kappa shape index (κ2) is 8.79. The lowest BCUT2D eigenvalue weighted by Gasteiger charge is -2.21. The van der Waals surface area contributed by atoms with Crippen molar-refractivity contribution in [1.29, 1.82) is 0 Å². The molecule has 1 amide bonds. The monoisotopic (exact) mass is 345 g/mol. The Morgan fingerprint density at radius 2 is 2.05 bits per heavy atom. The summed E-state index contributed by atoms with van der Waals surface area (Å²) in [7, 11) is 0. The van der Waals surface area contributed by atoms with Gasteiger partial charge in [-0.1, -0.05) is 13.3 Å². The number of halogens is 1. The Balaban J connectivity index is 2.63. The fraction of sp³-hybridized carbons (Fsp3) is 0.571. The summed E-state index contributed by atoms with van der Waals surface area (Å²) in [6.07, 6.45) is 2.06. The number of unbranched alkanes of at least 4 members (excludes halogenated alkanes) is 1. The number of esters is 1. The smallest absolute Gasteiger partial charge is 0.307 e. The maximum absolute atomic E-state index is 12.3. The fourth-order valence-electron chi connectivity index (χ4n) is 1.71. The van der Waals surface area contributed by atoms with Gasteiger partial charge in [0.25, 0.3) is 5.91 Å². The average molecular weight is 346 g/mol. The maximum atomic E-state index is 12.3. The Morgan fingerprint density at radius 3 is 2.60 bits per heavy atom. The summed E-state index contributed by atoms with van der Waals surface area (Å²) in [6.45, 7) is 5.12. The van der Waals surface area contributed by atoms with Gasteiger partial charge in [-0.2, -0.15) is 0 Å². The molecule has 0 aliphatic heterocycles. The molecule has 0 N–H and O–H groups in total. The zero-order valence-electron chi connectivity index (χ0n) is 11.9. The van der Waals surface area contributed by atoms with Gasteiger partial charge in [0.05, 0.1) is 13.0 Å². The molecule has 0 saturated heterocycles. The molecule has 6 heteroatoms. The van der Waals surface area contributed by atoms with Gasteiger partial charge in [0, 0.05) is 13.1 Å². The number of amides is 1. The van der Waals surface area contributed by atoms with Crippen molar-refractivity contribution in [2.24, 2.45) is 0 Å². The number of ether oxygens (including phenoxy) is 1. The van der Waals surface area contributed by atoms with E-state index in [4.69, 9.17) is 9.15 Å². The molecule has 112 valence electrons. The van der Waals surface area contributed by atoms with E-state index in [1.54, 1.807) is 24.0 Å². The van der Waals surface area contributed by atoms with Crippen LogP contribution in [0.15, 0.2) is 21.2 Å². The van der Waals surface area contributed by atoms with Crippen molar-refractivity contribution in [2.45, 2.75) is 33.1 Å². The third-order valence-electron chi connectivity index (χ3n) is 2.74. The standard InChI is InChI=1S/C14H20BrNO4/c1-3-5-9-16(10-8-13(17)19-4-2)14(18)11-6-7-12(15)20-11/h6-7H,3-5,8-10H2,1-2H3. The number of hydrogen-bond donors (Lipinski definition) is 0. The van der Waals surface area contributed by atoms with Crippen molar-refractivity contribution in [1.82, 2.24) is 4.90 Å². The third-order valence-corrected chi connectivity index (χ3v) is 3.17. The average Bonchev–Trinajstić information content (AvgIpc) is 2.85. The highest BCUT2D eigenvalue weighted by Crippen LogP contribution is 2.16. The summed E-state index contributed by atoms with van der Waals surface area (Å²) >= 11 is 3.17. The molecule has 0 saturated carbocycles. The van der Waals surface area contributed by atoms with Crippen LogP contribution in [-0.4, -0.2) is 36.5 Å². The minimum atomic E-state index is -0.289. The first-order chi connectivity index (χ1) is 9.58. The molecule has 0 aliphatic rings.